The van der Waals surface area contributed by atoms with Crippen LogP contribution in [-0.2, 0) is 7.05 Å². The number of thiophene rings is 1. The Balaban J connectivity index is 0.00000187. The van der Waals surface area contributed by atoms with E-state index in [1.807, 2.05) is 33.9 Å². The van der Waals surface area contributed by atoms with Crippen LogP contribution in [-0.4, -0.2) is 37.3 Å². The molecule has 9 heteroatoms. The molecule has 0 aromatic carbocycles. The molecular formula is C24H37ClN6OS. The van der Waals surface area contributed by atoms with Gasteiger partial charge in [-0.1, -0.05) is 52.1 Å². The number of aryl methyl sites for hydroxylation is 1. The van der Waals surface area contributed by atoms with Crippen molar-refractivity contribution in [1.29, 1.82) is 5.41 Å². The summed E-state index contributed by atoms with van der Waals surface area (Å²) in [7, 11) is 1.85. The van der Waals surface area contributed by atoms with E-state index in [1.54, 1.807) is 29.0 Å². The number of halogens is 1. The molecule has 7 nitrogen and oxygen atoms in total. The molecule has 1 atom stereocenters. The molecule has 3 heterocycles. The zero-order valence-corrected chi connectivity index (χ0v) is 22.3. The molecule has 0 spiro atoms. The van der Waals surface area contributed by atoms with E-state index in [0.29, 0.717) is 23.6 Å². The Bertz CT molecular complexity index is 1020. The Labute approximate surface area is 206 Å². The number of nitrogens with zero attached hydrogens (tertiary/aromatic N) is 3. The quantitative estimate of drug-likeness (QED) is 0.335. The maximum atomic E-state index is 11.5. The SMILES string of the molecule is CC.CCCC(O)(CCC)/C(=C/C(C)=N)C1NC(C)=C(c2sc(-c3ncnn3C)cc2Cl)N1. The summed E-state index contributed by atoms with van der Waals surface area (Å²) in [5.74, 6) is 0.763. The minimum absolute atomic E-state index is 0.310. The van der Waals surface area contributed by atoms with Gasteiger partial charge in [-0.15, -0.1) is 11.3 Å². The molecule has 0 aliphatic carbocycles. The van der Waals surface area contributed by atoms with Gasteiger partial charge < -0.3 is 21.1 Å². The van der Waals surface area contributed by atoms with Crippen molar-refractivity contribution in [3.8, 4) is 10.7 Å². The minimum atomic E-state index is -0.977. The minimum Gasteiger partial charge on any atom is -0.385 e. The summed E-state index contributed by atoms with van der Waals surface area (Å²) in [4.78, 5) is 6.17. The molecule has 1 unspecified atom stereocenters. The van der Waals surface area contributed by atoms with Crippen LogP contribution in [0.25, 0.3) is 16.4 Å². The van der Waals surface area contributed by atoms with Crippen LogP contribution in [0.1, 0.15) is 72.1 Å². The summed E-state index contributed by atoms with van der Waals surface area (Å²) < 4.78 is 1.72. The van der Waals surface area contributed by atoms with E-state index in [1.165, 1.54) is 6.33 Å². The van der Waals surface area contributed by atoms with Gasteiger partial charge in [0.15, 0.2) is 5.82 Å². The van der Waals surface area contributed by atoms with Crippen LogP contribution >= 0.6 is 22.9 Å². The molecule has 0 fully saturated rings. The van der Waals surface area contributed by atoms with E-state index in [4.69, 9.17) is 17.0 Å². The summed E-state index contributed by atoms with van der Waals surface area (Å²) in [5.41, 5.74) is 2.07. The highest BCUT2D eigenvalue weighted by Gasteiger charge is 2.38. The smallest absolute Gasteiger partial charge is 0.167 e. The van der Waals surface area contributed by atoms with Crippen LogP contribution in [0.3, 0.4) is 0 Å². The highest BCUT2D eigenvalue weighted by molar-refractivity contribution is 7.17. The van der Waals surface area contributed by atoms with Crippen LogP contribution in [0, 0.1) is 5.41 Å². The number of hydrogen-bond acceptors (Lipinski definition) is 7. The lowest BCUT2D eigenvalue weighted by Gasteiger charge is -2.34. The Hall–Kier alpha value is -2.16. The first-order valence-corrected chi connectivity index (χ1v) is 12.8. The molecule has 182 valence electrons. The van der Waals surface area contributed by atoms with Crippen LogP contribution in [0.15, 0.2) is 29.7 Å². The third-order valence-corrected chi connectivity index (χ3v) is 6.98. The van der Waals surface area contributed by atoms with E-state index in [9.17, 15) is 5.11 Å². The molecule has 0 saturated heterocycles. The first kappa shape index (κ1) is 27.1. The molecular weight excluding hydrogens is 456 g/mol. The Morgan fingerprint density at radius 3 is 2.45 bits per heavy atom. The number of nitrogens with one attached hydrogen (secondary N) is 3. The second kappa shape index (κ2) is 11.8. The van der Waals surface area contributed by atoms with Gasteiger partial charge in [-0.2, -0.15) is 5.10 Å². The summed E-state index contributed by atoms with van der Waals surface area (Å²) in [6.45, 7) is 11.9. The second-order valence-corrected chi connectivity index (χ2v) is 9.49. The highest BCUT2D eigenvalue weighted by atomic mass is 35.5. The fourth-order valence-corrected chi connectivity index (χ4v) is 5.63. The first-order valence-electron chi connectivity index (χ1n) is 11.6. The monoisotopic (exact) mass is 492 g/mol. The highest BCUT2D eigenvalue weighted by Crippen LogP contribution is 2.40. The van der Waals surface area contributed by atoms with E-state index >= 15 is 0 Å². The lowest BCUT2D eigenvalue weighted by molar-refractivity contribution is 0.0508. The third kappa shape index (κ3) is 6.05. The molecule has 0 radical (unpaired) electrons. The Morgan fingerprint density at radius 2 is 1.94 bits per heavy atom. The van der Waals surface area contributed by atoms with Gasteiger partial charge in [-0.3, -0.25) is 0 Å². The van der Waals surface area contributed by atoms with Crippen molar-refractivity contribution >= 4 is 34.3 Å². The summed E-state index contributed by atoms with van der Waals surface area (Å²) in [6, 6.07) is 1.91. The van der Waals surface area contributed by atoms with Crippen molar-refractivity contribution in [3.05, 3.63) is 39.6 Å². The summed E-state index contributed by atoms with van der Waals surface area (Å²) in [5, 5.41) is 31.4. The van der Waals surface area contributed by atoms with Gasteiger partial charge in [0.25, 0.3) is 0 Å². The molecule has 0 saturated carbocycles. The fourth-order valence-electron chi connectivity index (χ4n) is 4.10. The molecule has 2 aromatic heterocycles. The number of aliphatic hydroxyl groups is 1. The van der Waals surface area contributed by atoms with Gasteiger partial charge >= 0.3 is 0 Å². The van der Waals surface area contributed by atoms with Crippen LogP contribution < -0.4 is 10.6 Å². The predicted octanol–water partition coefficient (Wildman–Crippen LogP) is 5.73. The summed E-state index contributed by atoms with van der Waals surface area (Å²) >= 11 is 8.16. The van der Waals surface area contributed by atoms with Crippen LogP contribution in [0.5, 0.6) is 0 Å². The fraction of sp³-hybridized carbons (Fsp3) is 0.542. The number of hydrogen-bond donors (Lipinski definition) is 4. The van der Waals surface area contributed by atoms with Crippen LogP contribution in [0.2, 0.25) is 5.02 Å². The largest absolute Gasteiger partial charge is 0.385 e. The lowest BCUT2D eigenvalue weighted by atomic mass is 9.82. The van der Waals surface area contributed by atoms with E-state index in [0.717, 1.165) is 45.4 Å². The normalized spacial score (nSPS) is 16.3. The van der Waals surface area contributed by atoms with Crippen molar-refractivity contribution in [2.75, 3.05) is 0 Å². The molecule has 3 rings (SSSR count). The molecule has 1 aliphatic heterocycles. The van der Waals surface area contributed by atoms with Crippen molar-refractivity contribution in [2.45, 2.75) is 79.0 Å². The molecule has 4 N–H and O–H groups in total. The standard InChI is InChI=1S/C22H31ClN6OS.C2H6/c1-6-8-22(30,9-7-2)15(10-13(3)24)20-27-14(4)18(28-20)19-16(23)11-17(31-19)21-25-12-26-29(21)5;1-2/h10-12,20,24,27-28,30H,6-9H2,1-5H3;1-2H3/b15-10+,24-13?;. The van der Waals surface area contributed by atoms with E-state index in [2.05, 4.69) is 34.6 Å². The first-order chi connectivity index (χ1) is 15.7. The van der Waals surface area contributed by atoms with E-state index < -0.39 is 5.60 Å². The maximum absolute atomic E-state index is 11.5. The number of aromatic nitrogens is 3. The average Bonchev–Trinajstić information content (AvgIpc) is 3.46. The van der Waals surface area contributed by atoms with Crippen molar-refractivity contribution in [1.82, 2.24) is 25.4 Å². The Kier molecular flexibility index (Phi) is 9.70. The van der Waals surface area contributed by atoms with Gasteiger partial charge in [0.05, 0.1) is 26.1 Å². The van der Waals surface area contributed by atoms with Crippen molar-refractivity contribution in [2.24, 2.45) is 7.05 Å². The zero-order valence-electron chi connectivity index (χ0n) is 20.7. The van der Waals surface area contributed by atoms with E-state index in [-0.39, 0.29) is 6.17 Å². The summed E-state index contributed by atoms with van der Waals surface area (Å²) in [6.07, 6.45) is 6.00. The van der Waals surface area contributed by atoms with Crippen molar-refractivity contribution in [3.63, 3.8) is 0 Å². The second-order valence-electron chi connectivity index (χ2n) is 8.03. The lowest BCUT2D eigenvalue weighted by Crippen LogP contribution is -2.46. The number of rotatable bonds is 9. The van der Waals surface area contributed by atoms with Gasteiger partial charge in [0.1, 0.15) is 12.5 Å². The van der Waals surface area contributed by atoms with Gasteiger partial charge in [-0.25, -0.2) is 9.67 Å². The van der Waals surface area contributed by atoms with Gasteiger partial charge in [0, 0.05) is 24.0 Å². The Morgan fingerprint density at radius 1 is 1.30 bits per heavy atom. The number of allylic oxidation sites excluding steroid dienone is 2. The van der Waals surface area contributed by atoms with Gasteiger partial charge in [0.2, 0.25) is 0 Å². The molecule has 0 amide bonds. The van der Waals surface area contributed by atoms with Crippen molar-refractivity contribution < 1.29 is 5.11 Å². The van der Waals surface area contributed by atoms with Gasteiger partial charge in [-0.05, 0) is 38.8 Å². The zero-order chi connectivity index (χ0) is 24.8. The predicted molar refractivity (Wildman–Crippen MR) is 140 cm³/mol. The maximum Gasteiger partial charge on any atom is 0.167 e. The molecule has 0 bridgehead atoms. The molecule has 2 aromatic rings. The average molecular weight is 493 g/mol. The molecule has 33 heavy (non-hydrogen) atoms. The van der Waals surface area contributed by atoms with Crippen LogP contribution in [0.4, 0.5) is 0 Å². The third-order valence-electron chi connectivity index (χ3n) is 5.42. The topological polar surface area (TPSA) is 98.8 Å². The molecule has 1 aliphatic rings.